The van der Waals surface area contributed by atoms with Gasteiger partial charge in [-0.25, -0.2) is 9.78 Å². The van der Waals surface area contributed by atoms with Gasteiger partial charge in [-0.3, -0.25) is 9.69 Å². The number of carbonyl (C=O) groups is 2. The van der Waals surface area contributed by atoms with Crippen LogP contribution in [-0.2, 0) is 20.8 Å². The summed E-state index contributed by atoms with van der Waals surface area (Å²) in [5.74, 6) is 0.268. The van der Waals surface area contributed by atoms with Crippen LogP contribution in [-0.4, -0.2) is 47.2 Å². The lowest BCUT2D eigenvalue weighted by molar-refractivity contribution is -0.163. The lowest BCUT2D eigenvalue weighted by atomic mass is 9.91. The van der Waals surface area contributed by atoms with Crippen LogP contribution < -0.4 is 0 Å². The van der Waals surface area contributed by atoms with Crippen molar-refractivity contribution in [3.05, 3.63) is 40.9 Å². The molecule has 156 valence electrons. The number of halogens is 1. The quantitative estimate of drug-likeness (QED) is 0.340. The molecule has 0 aliphatic rings. The topological polar surface area (TPSA) is 72.0 Å². The maximum atomic E-state index is 12.4. The lowest BCUT2D eigenvalue weighted by Crippen LogP contribution is -2.37. The van der Waals surface area contributed by atoms with E-state index in [1.165, 1.54) is 4.90 Å². The minimum atomic E-state index is -0.613. The summed E-state index contributed by atoms with van der Waals surface area (Å²) in [4.78, 5) is 31.8. The molecule has 1 heterocycles. The highest BCUT2D eigenvalue weighted by atomic mass is 35.5. The Morgan fingerprint density at radius 1 is 1.25 bits per heavy atom. The van der Waals surface area contributed by atoms with E-state index in [-0.39, 0.29) is 0 Å². The molecule has 1 rings (SSSR count). The van der Waals surface area contributed by atoms with Crippen molar-refractivity contribution >= 4 is 23.7 Å². The zero-order chi connectivity index (χ0) is 21.3. The summed E-state index contributed by atoms with van der Waals surface area (Å²) in [7, 11) is 1.61. The maximum absolute atomic E-state index is 12.4. The van der Waals surface area contributed by atoms with Crippen LogP contribution in [0.1, 0.15) is 46.6 Å². The van der Waals surface area contributed by atoms with Gasteiger partial charge in [0.2, 0.25) is 6.79 Å². The first-order chi connectivity index (χ1) is 13.2. The molecule has 0 unspecified atom stereocenters. The van der Waals surface area contributed by atoms with Crippen molar-refractivity contribution in [1.82, 2.24) is 14.8 Å². The van der Waals surface area contributed by atoms with Crippen LogP contribution in [0.25, 0.3) is 0 Å². The standard InChI is InChI=1S/C20H30ClN3O4/c1-7-17(24(9-3)13-15-10-11-16(21)22-12-15)23(6)19(26)28-14-27-18(25)20(4,5)8-2/h7,10-12H,8-9,13-14H2,1-6H3/b17-7-. The number of amides is 1. The molecule has 1 amide bonds. The van der Waals surface area contributed by atoms with E-state index in [2.05, 4.69) is 4.98 Å². The van der Waals surface area contributed by atoms with Crippen molar-refractivity contribution < 1.29 is 19.1 Å². The van der Waals surface area contributed by atoms with Gasteiger partial charge < -0.3 is 14.4 Å². The molecule has 0 atom stereocenters. The van der Waals surface area contributed by atoms with Crippen LogP contribution >= 0.6 is 11.6 Å². The number of allylic oxidation sites excluding steroid dienone is 1. The SMILES string of the molecule is C/C=C(\N(CC)Cc1ccc(Cl)nc1)N(C)C(=O)OCOC(=O)C(C)(C)CC. The fourth-order valence-electron chi connectivity index (χ4n) is 2.33. The molecule has 0 bridgehead atoms. The van der Waals surface area contributed by atoms with Crippen LogP contribution in [0.3, 0.4) is 0 Å². The molecule has 8 heteroatoms. The molecule has 0 spiro atoms. The van der Waals surface area contributed by atoms with Gasteiger partial charge in [0.05, 0.1) is 5.41 Å². The van der Waals surface area contributed by atoms with Crippen LogP contribution in [0.2, 0.25) is 5.15 Å². The molecule has 0 fully saturated rings. The van der Waals surface area contributed by atoms with E-state index in [1.54, 1.807) is 33.2 Å². The second-order valence-corrected chi connectivity index (χ2v) is 7.29. The number of carbonyl (C=O) groups excluding carboxylic acids is 2. The molecule has 0 radical (unpaired) electrons. The van der Waals surface area contributed by atoms with Crippen molar-refractivity contribution in [1.29, 1.82) is 0 Å². The highest BCUT2D eigenvalue weighted by Crippen LogP contribution is 2.21. The fourth-order valence-corrected chi connectivity index (χ4v) is 2.44. The minimum absolute atomic E-state index is 0.401. The smallest absolute Gasteiger partial charge is 0.418 e. The van der Waals surface area contributed by atoms with E-state index in [0.717, 1.165) is 5.56 Å². The molecule has 0 aliphatic carbocycles. The van der Waals surface area contributed by atoms with E-state index in [4.69, 9.17) is 21.1 Å². The van der Waals surface area contributed by atoms with Crippen molar-refractivity contribution in [2.24, 2.45) is 5.41 Å². The maximum Gasteiger partial charge on any atom is 0.418 e. The number of hydrogen-bond donors (Lipinski definition) is 0. The fraction of sp³-hybridized carbons (Fsp3) is 0.550. The van der Waals surface area contributed by atoms with Gasteiger partial charge in [-0.05, 0) is 51.8 Å². The molecule has 0 saturated carbocycles. The molecule has 0 N–H and O–H groups in total. The number of hydrogen-bond acceptors (Lipinski definition) is 6. The summed E-state index contributed by atoms with van der Waals surface area (Å²) in [6.45, 7) is 10.1. The van der Waals surface area contributed by atoms with Crippen LogP contribution in [0.5, 0.6) is 0 Å². The normalized spacial score (nSPS) is 11.8. The Hall–Kier alpha value is -2.28. The first-order valence-corrected chi connectivity index (χ1v) is 9.63. The van der Waals surface area contributed by atoms with E-state index in [1.807, 2.05) is 37.8 Å². The van der Waals surface area contributed by atoms with Crippen LogP contribution in [0.4, 0.5) is 4.79 Å². The first kappa shape index (κ1) is 23.8. The van der Waals surface area contributed by atoms with E-state index < -0.39 is 24.3 Å². The first-order valence-electron chi connectivity index (χ1n) is 9.25. The van der Waals surface area contributed by atoms with E-state index >= 15 is 0 Å². The number of nitrogens with zero attached hydrogens (tertiary/aromatic N) is 3. The number of ether oxygens (including phenoxy) is 2. The third-order valence-electron chi connectivity index (χ3n) is 4.55. The Morgan fingerprint density at radius 2 is 1.93 bits per heavy atom. The van der Waals surface area contributed by atoms with Gasteiger partial charge in [-0.15, -0.1) is 0 Å². The Kier molecular flexibility index (Phi) is 9.25. The van der Waals surface area contributed by atoms with Gasteiger partial charge in [0.15, 0.2) is 0 Å². The average molecular weight is 412 g/mol. The molecule has 0 aliphatic heterocycles. The Labute approximate surface area is 172 Å². The summed E-state index contributed by atoms with van der Waals surface area (Å²) in [5.41, 5.74) is 0.349. The molecule has 0 saturated heterocycles. The predicted octanol–water partition coefficient (Wildman–Crippen LogP) is 4.42. The van der Waals surface area contributed by atoms with Gasteiger partial charge >= 0.3 is 12.1 Å². The van der Waals surface area contributed by atoms with E-state index in [0.29, 0.717) is 30.5 Å². The molecule has 1 aromatic rings. The Bertz CT molecular complexity index is 689. The molecule has 7 nitrogen and oxygen atoms in total. The summed E-state index contributed by atoms with van der Waals surface area (Å²) >= 11 is 5.83. The van der Waals surface area contributed by atoms with Gasteiger partial charge in [0, 0.05) is 26.3 Å². The molecule has 0 aromatic carbocycles. The van der Waals surface area contributed by atoms with Gasteiger partial charge in [0.1, 0.15) is 11.0 Å². The summed E-state index contributed by atoms with van der Waals surface area (Å²) in [5, 5.41) is 0.430. The summed E-state index contributed by atoms with van der Waals surface area (Å²) in [6.07, 6.45) is 3.54. The number of rotatable bonds is 9. The predicted molar refractivity (Wildman–Crippen MR) is 108 cm³/mol. The zero-order valence-corrected chi connectivity index (χ0v) is 18.2. The number of esters is 1. The van der Waals surface area contributed by atoms with Gasteiger partial charge in [0.25, 0.3) is 0 Å². The molecular formula is C20H30ClN3O4. The monoisotopic (exact) mass is 411 g/mol. The largest absolute Gasteiger partial charge is 0.427 e. The second-order valence-electron chi connectivity index (χ2n) is 6.91. The van der Waals surface area contributed by atoms with E-state index in [9.17, 15) is 9.59 Å². The second kappa shape index (κ2) is 10.9. The molecule has 28 heavy (non-hydrogen) atoms. The van der Waals surface area contributed by atoms with Gasteiger partial charge in [-0.1, -0.05) is 24.6 Å². The van der Waals surface area contributed by atoms with Gasteiger partial charge in [-0.2, -0.15) is 0 Å². The summed E-state index contributed by atoms with van der Waals surface area (Å²) < 4.78 is 10.2. The number of pyridine rings is 1. The van der Waals surface area contributed by atoms with Crippen LogP contribution in [0, 0.1) is 5.41 Å². The third kappa shape index (κ3) is 6.71. The lowest BCUT2D eigenvalue weighted by Gasteiger charge is -2.31. The van der Waals surface area contributed by atoms with Crippen LogP contribution in [0.15, 0.2) is 30.2 Å². The van der Waals surface area contributed by atoms with Crippen molar-refractivity contribution in [3.8, 4) is 0 Å². The van der Waals surface area contributed by atoms with Crippen molar-refractivity contribution in [2.45, 2.75) is 47.6 Å². The average Bonchev–Trinajstić information content (AvgIpc) is 2.68. The third-order valence-corrected chi connectivity index (χ3v) is 4.78. The molecule has 1 aromatic heterocycles. The highest BCUT2D eigenvalue weighted by molar-refractivity contribution is 6.29. The van der Waals surface area contributed by atoms with Crippen molar-refractivity contribution in [2.75, 3.05) is 20.4 Å². The van der Waals surface area contributed by atoms with Crippen molar-refractivity contribution in [3.63, 3.8) is 0 Å². The molecular weight excluding hydrogens is 382 g/mol. The summed E-state index contributed by atoms with van der Waals surface area (Å²) in [6, 6.07) is 3.61. The highest BCUT2D eigenvalue weighted by Gasteiger charge is 2.27. The Balaban J connectivity index is 2.69. The Morgan fingerprint density at radius 3 is 2.43 bits per heavy atom. The zero-order valence-electron chi connectivity index (χ0n) is 17.5. The minimum Gasteiger partial charge on any atom is -0.427 e. The number of aromatic nitrogens is 1.